The van der Waals surface area contributed by atoms with Gasteiger partial charge in [-0.3, -0.25) is 9.59 Å². The Bertz CT molecular complexity index is 1060. The van der Waals surface area contributed by atoms with E-state index in [1.54, 1.807) is 6.07 Å². The molecule has 2 amide bonds. The van der Waals surface area contributed by atoms with Gasteiger partial charge in [0.05, 0.1) is 4.88 Å². The molecule has 1 saturated heterocycles. The van der Waals surface area contributed by atoms with E-state index in [1.165, 1.54) is 29.2 Å². The van der Waals surface area contributed by atoms with Crippen molar-refractivity contribution in [2.24, 2.45) is 0 Å². The Morgan fingerprint density at radius 2 is 1.80 bits per heavy atom. The van der Waals surface area contributed by atoms with Crippen LogP contribution in [0, 0.1) is 12.7 Å². The average molecular weight is 426 g/mol. The second kappa shape index (κ2) is 8.83. The molecule has 0 bridgehead atoms. The van der Waals surface area contributed by atoms with Crippen LogP contribution in [0.15, 0.2) is 48.5 Å². The molecule has 156 valence electrons. The maximum absolute atomic E-state index is 13.5. The Morgan fingerprint density at radius 1 is 1.07 bits per heavy atom. The van der Waals surface area contributed by atoms with Crippen LogP contribution in [0.2, 0.25) is 0 Å². The molecule has 1 aromatic heterocycles. The second-order valence-corrected chi connectivity index (χ2v) is 8.46. The van der Waals surface area contributed by atoms with Crippen molar-refractivity contribution in [2.45, 2.75) is 13.3 Å². The topological polar surface area (TPSA) is 52.7 Å². The van der Waals surface area contributed by atoms with Gasteiger partial charge in [0, 0.05) is 49.5 Å². The number of rotatable bonds is 5. The molecule has 0 radical (unpaired) electrons. The van der Waals surface area contributed by atoms with Crippen LogP contribution < -0.4 is 10.2 Å². The summed E-state index contributed by atoms with van der Waals surface area (Å²) >= 11 is 1.35. The van der Waals surface area contributed by atoms with Gasteiger partial charge in [0.15, 0.2) is 0 Å². The normalized spacial score (nSPS) is 14.2. The van der Waals surface area contributed by atoms with E-state index < -0.39 is 0 Å². The number of halogens is 1. The van der Waals surface area contributed by atoms with Crippen molar-refractivity contribution < 1.29 is 14.0 Å². The molecule has 7 heteroatoms. The third-order valence-corrected chi connectivity index (χ3v) is 6.75. The molecule has 30 heavy (non-hydrogen) atoms. The number of hydrogen-bond donors (Lipinski definition) is 1. The van der Waals surface area contributed by atoms with Gasteiger partial charge in [0.2, 0.25) is 5.91 Å². The van der Waals surface area contributed by atoms with Gasteiger partial charge in [0.25, 0.3) is 5.91 Å². The summed E-state index contributed by atoms with van der Waals surface area (Å²) in [4.78, 5) is 29.8. The molecule has 0 atom stereocenters. The highest BCUT2D eigenvalue weighted by Crippen LogP contribution is 2.31. The van der Waals surface area contributed by atoms with Crippen LogP contribution >= 0.6 is 11.3 Å². The highest BCUT2D eigenvalue weighted by Gasteiger charge is 2.21. The minimum atomic E-state index is -0.312. The maximum Gasteiger partial charge on any atom is 0.261 e. The second-order valence-electron chi connectivity index (χ2n) is 7.41. The molecule has 3 aromatic rings. The van der Waals surface area contributed by atoms with Crippen molar-refractivity contribution >= 4 is 38.9 Å². The van der Waals surface area contributed by atoms with Crippen molar-refractivity contribution in [1.29, 1.82) is 0 Å². The number of piperazine rings is 1. The molecule has 1 aliphatic rings. The van der Waals surface area contributed by atoms with Gasteiger partial charge in [-0.05, 0) is 48.2 Å². The minimum Gasteiger partial charge on any atom is -0.368 e. The SMILES string of the molecule is Cc1c(C(=O)NCCC(=O)N2CCN(c3ccccc3)CC2)sc2ccc(F)cc12. The standard InChI is InChI=1S/C23H24FN3O2S/c1-16-19-15-17(24)7-8-20(19)30-22(16)23(29)25-10-9-21(28)27-13-11-26(12-14-27)18-5-3-2-4-6-18/h2-8,15H,9-14H2,1H3,(H,25,29). The molecule has 4 rings (SSSR count). The van der Waals surface area contributed by atoms with Gasteiger partial charge < -0.3 is 15.1 Å². The number of para-hydroxylation sites is 1. The smallest absolute Gasteiger partial charge is 0.261 e. The molecule has 0 aliphatic carbocycles. The molecule has 1 N–H and O–H groups in total. The van der Waals surface area contributed by atoms with E-state index in [1.807, 2.05) is 30.0 Å². The molecule has 1 aliphatic heterocycles. The molecule has 2 heterocycles. The maximum atomic E-state index is 13.5. The van der Waals surface area contributed by atoms with E-state index in [4.69, 9.17) is 0 Å². The number of anilines is 1. The van der Waals surface area contributed by atoms with Gasteiger partial charge in [-0.1, -0.05) is 18.2 Å². The molecule has 0 spiro atoms. The lowest BCUT2D eigenvalue weighted by Gasteiger charge is -2.36. The Labute approximate surface area is 179 Å². The summed E-state index contributed by atoms with van der Waals surface area (Å²) in [6.45, 7) is 5.09. The van der Waals surface area contributed by atoms with Crippen LogP contribution in [0.4, 0.5) is 10.1 Å². The van der Waals surface area contributed by atoms with E-state index in [-0.39, 0.29) is 24.1 Å². The minimum absolute atomic E-state index is 0.0538. The average Bonchev–Trinajstić information content (AvgIpc) is 3.10. The van der Waals surface area contributed by atoms with Gasteiger partial charge >= 0.3 is 0 Å². The number of benzene rings is 2. The van der Waals surface area contributed by atoms with Gasteiger partial charge in [-0.15, -0.1) is 11.3 Å². The fourth-order valence-corrected chi connectivity index (χ4v) is 4.89. The van der Waals surface area contributed by atoms with Crippen molar-refractivity contribution in [3.05, 3.63) is 64.8 Å². The number of carbonyl (C=O) groups is 2. The number of hydrogen-bond acceptors (Lipinski definition) is 4. The zero-order valence-corrected chi connectivity index (χ0v) is 17.7. The van der Waals surface area contributed by atoms with Crippen molar-refractivity contribution in [3.63, 3.8) is 0 Å². The number of nitrogens with zero attached hydrogens (tertiary/aromatic N) is 2. The van der Waals surface area contributed by atoms with Gasteiger partial charge in [-0.2, -0.15) is 0 Å². The Morgan fingerprint density at radius 3 is 2.53 bits per heavy atom. The predicted octanol–water partition coefficient (Wildman–Crippen LogP) is 3.82. The summed E-state index contributed by atoms with van der Waals surface area (Å²) in [6, 6.07) is 14.7. The van der Waals surface area contributed by atoms with Crippen molar-refractivity contribution in [1.82, 2.24) is 10.2 Å². The van der Waals surface area contributed by atoms with Crippen LogP contribution in [-0.4, -0.2) is 49.4 Å². The van der Waals surface area contributed by atoms with Gasteiger partial charge in [0.1, 0.15) is 5.82 Å². The first kappa shape index (κ1) is 20.3. The van der Waals surface area contributed by atoms with E-state index in [2.05, 4.69) is 22.3 Å². The third kappa shape index (κ3) is 4.31. The molecule has 0 saturated carbocycles. The monoisotopic (exact) mass is 425 g/mol. The van der Waals surface area contributed by atoms with E-state index >= 15 is 0 Å². The first-order chi connectivity index (χ1) is 14.5. The zero-order chi connectivity index (χ0) is 21.1. The molecule has 1 fully saturated rings. The number of thiophene rings is 1. The Hall–Kier alpha value is -2.93. The molecule has 2 aromatic carbocycles. The quantitative estimate of drug-likeness (QED) is 0.676. The summed E-state index contributed by atoms with van der Waals surface area (Å²) < 4.78 is 14.4. The summed E-state index contributed by atoms with van der Waals surface area (Å²) in [7, 11) is 0. The number of carbonyl (C=O) groups excluding carboxylic acids is 2. The van der Waals surface area contributed by atoms with Crippen molar-refractivity contribution in [3.8, 4) is 0 Å². The fraction of sp³-hybridized carbons (Fsp3) is 0.304. The van der Waals surface area contributed by atoms with E-state index in [9.17, 15) is 14.0 Å². The lowest BCUT2D eigenvalue weighted by Crippen LogP contribution is -2.49. The first-order valence-corrected chi connectivity index (χ1v) is 10.9. The summed E-state index contributed by atoms with van der Waals surface area (Å²) in [5.41, 5.74) is 1.95. The molecule has 0 unspecified atom stereocenters. The molecular weight excluding hydrogens is 401 g/mol. The van der Waals surface area contributed by atoms with E-state index in [0.29, 0.717) is 24.5 Å². The fourth-order valence-electron chi connectivity index (χ4n) is 3.78. The molecule has 5 nitrogen and oxygen atoms in total. The highest BCUT2D eigenvalue weighted by atomic mass is 32.1. The van der Waals surface area contributed by atoms with Crippen LogP contribution in [0.3, 0.4) is 0 Å². The van der Waals surface area contributed by atoms with Gasteiger partial charge in [-0.25, -0.2) is 4.39 Å². The van der Waals surface area contributed by atoms with Crippen LogP contribution in [0.25, 0.3) is 10.1 Å². The summed E-state index contributed by atoms with van der Waals surface area (Å²) in [5.74, 6) is -0.470. The largest absolute Gasteiger partial charge is 0.368 e. The van der Waals surface area contributed by atoms with Crippen LogP contribution in [0.1, 0.15) is 21.7 Å². The Balaban J connectivity index is 1.27. The summed E-state index contributed by atoms with van der Waals surface area (Å²) in [5, 5.41) is 3.60. The number of amides is 2. The summed E-state index contributed by atoms with van der Waals surface area (Å²) in [6.07, 6.45) is 0.273. The third-order valence-electron chi connectivity index (χ3n) is 5.48. The molecular formula is C23H24FN3O2S. The number of nitrogens with one attached hydrogen (secondary N) is 1. The predicted molar refractivity (Wildman–Crippen MR) is 119 cm³/mol. The number of aryl methyl sites for hydroxylation is 1. The van der Waals surface area contributed by atoms with Crippen molar-refractivity contribution in [2.75, 3.05) is 37.6 Å². The Kier molecular flexibility index (Phi) is 5.99. The lowest BCUT2D eigenvalue weighted by atomic mass is 10.1. The van der Waals surface area contributed by atoms with E-state index in [0.717, 1.165) is 28.7 Å². The van der Waals surface area contributed by atoms with Crippen LogP contribution in [-0.2, 0) is 4.79 Å². The first-order valence-electron chi connectivity index (χ1n) is 10.1. The highest BCUT2D eigenvalue weighted by molar-refractivity contribution is 7.21. The zero-order valence-electron chi connectivity index (χ0n) is 16.9. The number of fused-ring (bicyclic) bond motifs is 1. The van der Waals surface area contributed by atoms with Crippen LogP contribution in [0.5, 0.6) is 0 Å². The lowest BCUT2D eigenvalue weighted by molar-refractivity contribution is -0.131.